The summed E-state index contributed by atoms with van der Waals surface area (Å²) in [4.78, 5) is 31.1. The van der Waals surface area contributed by atoms with Crippen LogP contribution in [0.4, 0.5) is 16.2 Å². The molecule has 3 N–H and O–H groups in total. The first kappa shape index (κ1) is 33.5. The van der Waals surface area contributed by atoms with Crippen LogP contribution >= 0.6 is 11.3 Å². The highest BCUT2D eigenvalue weighted by Crippen LogP contribution is 2.39. The van der Waals surface area contributed by atoms with Crippen molar-refractivity contribution in [2.45, 2.75) is 32.4 Å². The Balaban J connectivity index is 1.26. The molecule has 6 rings (SSSR count). The number of pyridine rings is 1. The Morgan fingerprint density at radius 1 is 0.735 bits per heavy atom. The predicted molar refractivity (Wildman–Crippen MR) is 201 cm³/mol. The Bertz CT molecular complexity index is 2010. The molecular weight excluding hydrogens is 647 g/mol. The van der Waals surface area contributed by atoms with Gasteiger partial charge in [-0.2, -0.15) is 0 Å². The second-order valence-electron chi connectivity index (χ2n) is 12.7. The summed E-state index contributed by atoms with van der Waals surface area (Å²) in [6, 6.07) is 41.6. The number of thiophene rings is 1. The van der Waals surface area contributed by atoms with E-state index in [4.69, 9.17) is 4.43 Å². The van der Waals surface area contributed by atoms with Crippen LogP contribution in [0.2, 0.25) is 5.04 Å². The number of benzene rings is 4. The quantitative estimate of drug-likeness (QED) is 0.125. The number of hydrogen-bond donors (Lipinski definition) is 3. The van der Waals surface area contributed by atoms with Crippen molar-refractivity contribution in [3.63, 3.8) is 0 Å². The van der Waals surface area contributed by atoms with Gasteiger partial charge in [0.25, 0.3) is 14.2 Å². The van der Waals surface area contributed by atoms with E-state index in [0.29, 0.717) is 17.9 Å². The van der Waals surface area contributed by atoms with Gasteiger partial charge >= 0.3 is 6.09 Å². The highest BCUT2D eigenvalue weighted by Gasteiger charge is 2.50. The number of hydrogen-bond acceptors (Lipinski definition) is 5. The van der Waals surface area contributed by atoms with Crippen molar-refractivity contribution in [3.8, 4) is 21.6 Å². The fourth-order valence-corrected chi connectivity index (χ4v) is 11.7. The van der Waals surface area contributed by atoms with E-state index in [-0.39, 0.29) is 16.6 Å². The van der Waals surface area contributed by atoms with Crippen LogP contribution in [0.15, 0.2) is 140 Å². The Morgan fingerprint density at radius 2 is 1.39 bits per heavy atom. The number of carbonyl (C=O) groups is 2. The van der Waals surface area contributed by atoms with E-state index in [9.17, 15) is 14.7 Å². The highest BCUT2D eigenvalue weighted by molar-refractivity contribution is 7.15. The fourth-order valence-electron chi connectivity index (χ4n) is 6.12. The van der Waals surface area contributed by atoms with Crippen LogP contribution in [-0.2, 0) is 11.0 Å². The molecule has 9 heteroatoms. The molecule has 0 fully saturated rings. The molecule has 2 aromatic heterocycles. The lowest BCUT2D eigenvalue weighted by molar-refractivity contribution is 0.102. The maximum absolute atomic E-state index is 13.3. The lowest BCUT2D eigenvalue weighted by Crippen LogP contribution is -2.66. The molecule has 0 bridgehead atoms. The first-order valence-electron chi connectivity index (χ1n) is 15.9. The minimum Gasteiger partial charge on any atom is -0.465 e. The molecule has 0 aliphatic heterocycles. The van der Waals surface area contributed by atoms with Crippen LogP contribution in [0.5, 0.6) is 0 Å². The standard InChI is InChI=1S/C40H37N3O4SSi/c1-40(2,3)49(33-12-6-4-7-13-33,34-14-8-5-9-15-34)47-27-32-21-23-37(48-32)30-20-22-35(43-39(45)46)36(25-30)42-38(44)29-18-16-28(17-19-29)31-11-10-24-41-26-31/h4-26,43H,27H2,1-3H3,(H,42,44)(H,45,46). The van der Waals surface area contributed by atoms with Crippen LogP contribution in [0.3, 0.4) is 0 Å². The van der Waals surface area contributed by atoms with Crippen molar-refractivity contribution < 1.29 is 19.1 Å². The number of amides is 2. The number of anilines is 2. The molecule has 0 saturated heterocycles. The van der Waals surface area contributed by atoms with Gasteiger partial charge in [-0.15, -0.1) is 11.3 Å². The number of carbonyl (C=O) groups excluding carboxylic acids is 1. The molecule has 0 unspecified atom stereocenters. The molecular formula is C40H37N3O4SSi. The lowest BCUT2D eigenvalue weighted by atomic mass is 10.1. The Kier molecular flexibility index (Phi) is 9.86. The summed E-state index contributed by atoms with van der Waals surface area (Å²) in [5, 5.41) is 17.1. The fraction of sp³-hybridized carbons (Fsp3) is 0.125. The van der Waals surface area contributed by atoms with E-state index in [1.165, 1.54) is 10.4 Å². The minimum atomic E-state index is -2.72. The van der Waals surface area contributed by atoms with Crippen molar-refractivity contribution >= 4 is 53.4 Å². The molecule has 6 aromatic rings. The maximum atomic E-state index is 13.3. The molecule has 7 nitrogen and oxygen atoms in total. The van der Waals surface area contributed by atoms with Gasteiger partial charge in [0, 0.05) is 27.7 Å². The monoisotopic (exact) mass is 683 g/mol. The number of rotatable bonds is 10. The number of carboxylic acid groups (broad SMARTS) is 1. The first-order chi connectivity index (χ1) is 23.6. The third-order valence-corrected chi connectivity index (χ3v) is 14.5. The van der Waals surface area contributed by atoms with Gasteiger partial charge in [-0.25, -0.2) is 4.79 Å². The zero-order chi connectivity index (χ0) is 34.4. The molecule has 0 saturated carbocycles. The normalized spacial score (nSPS) is 11.6. The van der Waals surface area contributed by atoms with Crippen LogP contribution in [0, 0.1) is 0 Å². The van der Waals surface area contributed by atoms with Crippen molar-refractivity contribution in [3.05, 3.63) is 150 Å². The average Bonchev–Trinajstić information content (AvgIpc) is 3.59. The third-order valence-electron chi connectivity index (χ3n) is 8.45. The smallest absolute Gasteiger partial charge is 0.409 e. The average molecular weight is 684 g/mol. The molecule has 0 radical (unpaired) electrons. The zero-order valence-corrected chi connectivity index (χ0v) is 29.3. The van der Waals surface area contributed by atoms with E-state index < -0.39 is 14.4 Å². The van der Waals surface area contributed by atoms with Crippen LogP contribution < -0.4 is 21.0 Å². The van der Waals surface area contributed by atoms with Crippen molar-refractivity contribution in [2.75, 3.05) is 10.6 Å². The van der Waals surface area contributed by atoms with Crippen molar-refractivity contribution in [1.82, 2.24) is 4.98 Å². The lowest BCUT2D eigenvalue weighted by Gasteiger charge is -2.43. The van der Waals surface area contributed by atoms with Gasteiger partial charge in [-0.1, -0.05) is 106 Å². The van der Waals surface area contributed by atoms with Crippen molar-refractivity contribution in [2.24, 2.45) is 0 Å². The topological polar surface area (TPSA) is 101 Å². The number of nitrogens with one attached hydrogen (secondary N) is 2. The largest absolute Gasteiger partial charge is 0.465 e. The van der Waals surface area contributed by atoms with E-state index in [1.807, 2.05) is 48.5 Å². The molecule has 4 aromatic carbocycles. The highest BCUT2D eigenvalue weighted by atomic mass is 32.1. The van der Waals surface area contributed by atoms with E-state index in [0.717, 1.165) is 26.4 Å². The Labute approximate surface area is 291 Å². The maximum Gasteiger partial charge on any atom is 0.409 e. The summed E-state index contributed by atoms with van der Waals surface area (Å²) in [7, 11) is -2.72. The summed E-state index contributed by atoms with van der Waals surface area (Å²) in [6.45, 7) is 7.22. The Morgan fingerprint density at radius 3 is 1.98 bits per heavy atom. The van der Waals surface area contributed by atoms with Gasteiger partial charge in [-0.05, 0) is 74.6 Å². The molecule has 0 aliphatic rings. The van der Waals surface area contributed by atoms with Gasteiger partial charge in [0.2, 0.25) is 0 Å². The number of nitrogens with zero attached hydrogens (tertiary/aromatic N) is 1. The second kappa shape index (κ2) is 14.4. The summed E-state index contributed by atoms with van der Waals surface area (Å²) in [5.74, 6) is -0.353. The van der Waals surface area contributed by atoms with Crippen LogP contribution in [0.25, 0.3) is 21.6 Å². The molecule has 2 amide bonds. The van der Waals surface area contributed by atoms with Crippen LogP contribution in [0.1, 0.15) is 36.0 Å². The third kappa shape index (κ3) is 7.39. The van der Waals surface area contributed by atoms with E-state index >= 15 is 0 Å². The predicted octanol–water partition coefficient (Wildman–Crippen LogP) is 8.90. The van der Waals surface area contributed by atoms with E-state index in [2.05, 4.69) is 91.0 Å². The van der Waals surface area contributed by atoms with Gasteiger partial charge in [0.05, 0.1) is 18.0 Å². The Hall–Kier alpha value is -5.35. The van der Waals surface area contributed by atoms with Gasteiger partial charge in [0.15, 0.2) is 0 Å². The van der Waals surface area contributed by atoms with Gasteiger partial charge < -0.3 is 14.8 Å². The molecule has 2 heterocycles. The van der Waals surface area contributed by atoms with Gasteiger partial charge in [0.1, 0.15) is 0 Å². The molecule has 0 spiro atoms. The van der Waals surface area contributed by atoms with Gasteiger partial charge in [-0.3, -0.25) is 15.1 Å². The second-order valence-corrected chi connectivity index (χ2v) is 18.2. The zero-order valence-electron chi connectivity index (χ0n) is 27.5. The SMILES string of the molecule is CC(C)(C)[Si](OCc1ccc(-c2ccc(NC(=O)O)c(NC(=O)c3ccc(-c4cccnc4)cc3)c2)s1)(c1ccccc1)c1ccccc1. The molecule has 0 aliphatic carbocycles. The van der Waals surface area contributed by atoms with Crippen molar-refractivity contribution in [1.29, 1.82) is 0 Å². The first-order valence-corrected chi connectivity index (χ1v) is 18.7. The number of aromatic nitrogens is 1. The summed E-state index contributed by atoms with van der Waals surface area (Å²) in [6.07, 6.45) is 2.26. The van der Waals surface area contributed by atoms with E-state index in [1.54, 1.807) is 48.0 Å². The minimum absolute atomic E-state index is 0.144. The molecule has 49 heavy (non-hydrogen) atoms. The summed E-state index contributed by atoms with van der Waals surface area (Å²) in [5.41, 5.74) is 3.82. The summed E-state index contributed by atoms with van der Waals surface area (Å²) >= 11 is 1.61. The van der Waals surface area contributed by atoms with Crippen LogP contribution in [-0.4, -0.2) is 30.4 Å². The molecule has 246 valence electrons. The summed E-state index contributed by atoms with van der Waals surface area (Å²) < 4.78 is 7.14. The molecule has 0 atom stereocenters.